The number of carbonyl (C=O) groups is 1. The molecule has 1 aromatic rings. The zero-order valence-corrected chi connectivity index (χ0v) is 7.65. The quantitative estimate of drug-likeness (QED) is 0.777. The Morgan fingerprint density at radius 3 is 2.85 bits per heavy atom. The standard InChI is InChI=1S/C10H12O3/c1-7(8(2)10(11)12)6-9-4-3-5-13-9/h3-6,8H,1-2H3,(H,11,12)/b7-6+. The highest BCUT2D eigenvalue weighted by molar-refractivity contribution is 5.74. The van der Waals surface area contributed by atoms with E-state index in [4.69, 9.17) is 9.52 Å². The first-order valence-corrected chi connectivity index (χ1v) is 4.05. The molecule has 0 saturated heterocycles. The fourth-order valence-electron chi connectivity index (χ4n) is 0.918. The first-order valence-electron chi connectivity index (χ1n) is 4.05. The van der Waals surface area contributed by atoms with Gasteiger partial charge in [-0.15, -0.1) is 0 Å². The molecular weight excluding hydrogens is 168 g/mol. The van der Waals surface area contributed by atoms with Gasteiger partial charge in [0.1, 0.15) is 5.76 Å². The molecule has 1 heterocycles. The molecule has 3 nitrogen and oxygen atoms in total. The van der Waals surface area contributed by atoms with Crippen LogP contribution in [0.1, 0.15) is 19.6 Å². The van der Waals surface area contributed by atoms with E-state index in [1.807, 2.05) is 0 Å². The maximum absolute atomic E-state index is 10.6. The molecule has 1 N–H and O–H groups in total. The van der Waals surface area contributed by atoms with Crippen LogP contribution in [0.25, 0.3) is 6.08 Å². The van der Waals surface area contributed by atoms with Crippen molar-refractivity contribution in [1.82, 2.24) is 0 Å². The van der Waals surface area contributed by atoms with Crippen LogP contribution in [0.2, 0.25) is 0 Å². The Balaban J connectivity index is 2.78. The lowest BCUT2D eigenvalue weighted by Crippen LogP contribution is -2.10. The van der Waals surface area contributed by atoms with E-state index in [2.05, 4.69) is 0 Å². The van der Waals surface area contributed by atoms with Gasteiger partial charge in [-0.1, -0.05) is 5.57 Å². The Bertz CT molecular complexity index is 309. The lowest BCUT2D eigenvalue weighted by atomic mass is 10.0. The van der Waals surface area contributed by atoms with Crippen molar-refractivity contribution in [2.45, 2.75) is 13.8 Å². The van der Waals surface area contributed by atoms with Crippen molar-refractivity contribution in [2.24, 2.45) is 5.92 Å². The van der Waals surface area contributed by atoms with E-state index < -0.39 is 11.9 Å². The number of hydrogen-bond acceptors (Lipinski definition) is 2. The molecule has 0 spiro atoms. The van der Waals surface area contributed by atoms with Gasteiger partial charge in [-0.25, -0.2) is 0 Å². The van der Waals surface area contributed by atoms with Gasteiger partial charge < -0.3 is 9.52 Å². The second kappa shape index (κ2) is 3.94. The minimum atomic E-state index is -0.819. The fourth-order valence-corrected chi connectivity index (χ4v) is 0.918. The number of aliphatic carboxylic acids is 1. The molecule has 0 aliphatic heterocycles. The van der Waals surface area contributed by atoms with Crippen molar-refractivity contribution < 1.29 is 14.3 Å². The summed E-state index contributed by atoms with van der Waals surface area (Å²) in [4.78, 5) is 10.6. The molecule has 1 atom stereocenters. The zero-order chi connectivity index (χ0) is 9.84. The van der Waals surface area contributed by atoms with Gasteiger partial charge >= 0.3 is 5.97 Å². The zero-order valence-electron chi connectivity index (χ0n) is 7.65. The molecule has 13 heavy (non-hydrogen) atoms. The van der Waals surface area contributed by atoms with E-state index in [9.17, 15) is 4.79 Å². The highest BCUT2D eigenvalue weighted by Gasteiger charge is 2.12. The number of carboxylic acids is 1. The van der Waals surface area contributed by atoms with Crippen molar-refractivity contribution in [1.29, 1.82) is 0 Å². The van der Waals surface area contributed by atoms with E-state index in [0.717, 1.165) is 5.57 Å². The molecule has 3 heteroatoms. The molecular formula is C10H12O3. The van der Waals surface area contributed by atoms with E-state index in [1.54, 1.807) is 38.3 Å². The topological polar surface area (TPSA) is 50.4 Å². The molecule has 70 valence electrons. The van der Waals surface area contributed by atoms with Gasteiger partial charge in [0.25, 0.3) is 0 Å². The van der Waals surface area contributed by atoms with Crippen molar-refractivity contribution >= 4 is 12.0 Å². The Morgan fingerprint density at radius 2 is 2.38 bits per heavy atom. The van der Waals surface area contributed by atoms with E-state index in [-0.39, 0.29) is 0 Å². The molecule has 0 fully saturated rings. The van der Waals surface area contributed by atoms with Gasteiger partial charge in [0.05, 0.1) is 12.2 Å². The number of furan rings is 1. The van der Waals surface area contributed by atoms with Crippen molar-refractivity contribution in [3.63, 3.8) is 0 Å². The smallest absolute Gasteiger partial charge is 0.310 e. The van der Waals surface area contributed by atoms with E-state index in [0.29, 0.717) is 5.76 Å². The van der Waals surface area contributed by atoms with Crippen LogP contribution in [-0.4, -0.2) is 11.1 Å². The minimum absolute atomic E-state index is 0.468. The van der Waals surface area contributed by atoms with Crippen LogP contribution < -0.4 is 0 Å². The summed E-state index contributed by atoms with van der Waals surface area (Å²) >= 11 is 0. The predicted molar refractivity (Wildman–Crippen MR) is 49.2 cm³/mol. The van der Waals surface area contributed by atoms with Crippen LogP contribution in [0.15, 0.2) is 28.4 Å². The first-order chi connectivity index (χ1) is 6.11. The summed E-state index contributed by atoms with van der Waals surface area (Å²) in [5, 5.41) is 8.71. The molecule has 0 amide bonds. The van der Waals surface area contributed by atoms with Gasteiger partial charge in [0, 0.05) is 0 Å². The van der Waals surface area contributed by atoms with Crippen molar-refractivity contribution in [2.75, 3.05) is 0 Å². The van der Waals surface area contributed by atoms with Crippen molar-refractivity contribution in [3.05, 3.63) is 29.7 Å². The first kappa shape index (κ1) is 9.58. The maximum Gasteiger partial charge on any atom is 0.310 e. The van der Waals surface area contributed by atoms with Gasteiger partial charge in [-0.05, 0) is 32.1 Å². The molecule has 1 aromatic heterocycles. The van der Waals surface area contributed by atoms with Crippen LogP contribution in [-0.2, 0) is 4.79 Å². The average Bonchev–Trinajstić information content (AvgIpc) is 2.55. The molecule has 0 aromatic carbocycles. The highest BCUT2D eigenvalue weighted by Crippen LogP contribution is 2.14. The third-order valence-corrected chi connectivity index (χ3v) is 1.97. The summed E-state index contributed by atoms with van der Waals surface area (Å²) in [5.41, 5.74) is 0.780. The van der Waals surface area contributed by atoms with E-state index >= 15 is 0 Å². The van der Waals surface area contributed by atoms with Gasteiger partial charge in [0.2, 0.25) is 0 Å². The van der Waals surface area contributed by atoms with Gasteiger partial charge in [0.15, 0.2) is 0 Å². The third-order valence-electron chi connectivity index (χ3n) is 1.97. The van der Waals surface area contributed by atoms with Crippen molar-refractivity contribution in [3.8, 4) is 0 Å². The monoisotopic (exact) mass is 180 g/mol. The van der Waals surface area contributed by atoms with Crippen LogP contribution in [0, 0.1) is 5.92 Å². The summed E-state index contributed by atoms with van der Waals surface area (Å²) in [6, 6.07) is 3.56. The van der Waals surface area contributed by atoms with Gasteiger partial charge in [-0.2, -0.15) is 0 Å². The summed E-state index contributed by atoms with van der Waals surface area (Å²) < 4.78 is 5.06. The summed E-state index contributed by atoms with van der Waals surface area (Å²) in [6.45, 7) is 3.43. The van der Waals surface area contributed by atoms with Crippen LogP contribution >= 0.6 is 0 Å². The lowest BCUT2D eigenvalue weighted by molar-refractivity contribution is -0.139. The normalized spacial score (nSPS) is 14.2. The second-order valence-electron chi connectivity index (χ2n) is 2.96. The Hall–Kier alpha value is -1.51. The molecule has 0 saturated carbocycles. The van der Waals surface area contributed by atoms with Crippen LogP contribution in [0.4, 0.5) is 0 Å². The third kappa shape index (κ3) is 2.47. The summed E-state index contributed by atoms with van der Waals surface area (Å²) in [5.74, 6) is -0.601. The predicted octanol–water partition coefficient (Wildman–Crippen LogP) is 2.40. The Morgan fingerprint density at radius 1 is 1.69 bits per heavy atom. The average molecular weight is 180 g/mol. The molecule has 0 bridgehead atoms. The Kier molecular flexibility index (Phi) is 2.90. The SMILES string of the molecule is C/C(=C\c1ccco1)C(C)C(=O)O. The summed E-state index contributed by atoms with van der Waals surface area (Å²) in [7, 11) is 0. The van der Waals surface area contributed by atoms with Crippen LogP contribution in [0.5, 0.6) is 0 Å². The molecule has 0 radical (unpaired) electrons. The molecule has 0 aliphatic carbocycles. The van der Waals surface area contributed by atoms with E-state index in [1.165, 1.54) is 0 Å². The van der Waals surface area contributed by atoms with Crippen LogP contribution in [0.3, 0.4) is 0 Å². The second-order valence-corrected chi connectivity index (χ2v) is 2.96. The summed E-state index contributed by atoms with van der Waals surface area (Å²) in [6.07, 6.45) is 3.29. The molecule has 0 aliphatic rings. The molecule has 1 unspecified atom stereocenters. The Labute approximate surface area is 76.7 Å². The largest absolute Gasteiger partial charge is 0.481 e. The highest BCUT2D eigenvalue weighted by atomic mass is 16.4. The maximum atomic E-state index is 10.6. The number of hydrogen-bond donors (Lipinski definition) is 1. The molecule has 1 rings (SSSR count). The number of rotatable bonds is 3. The lowest BCUT2D eigenvalue weighted by Gasteiger charge is -2.04. The number of carboxylic acid groups (broad SMARTS) is 1. The van der Waals surface area contributed by atoms with Gasteiger partial charge in [-0.3, -0.25) is 4.79 Å². The minimum Gasteiger partial charge on any atom is -0.481 e. The fraction of sp³-hybridized carbons (Fsp3) is 0.300.